The van der Waals surface area contributed by atoms with Crippen molar-refractivity contribution in [3.63, 3.8) is 0 Å². The van der Waals surface area contributed by atoms with Gasteiger partial charge in [0.05, 0.1) is 0 Å². The van der Waals surface area contributed by atoms with Crippen molar-refractivity contribution in [1.29, 1.82) is 0 Å². The molecule has 0 aromatic rings. The van der Waals surface area contributed by atoms with Crippen molar-refractivity contribution < 1.29 is 0 Å². The van der Waals surface area contributed by atoms with E-state index in [-0.39, 0.29) is 0 Å². The van der Waals surface area contributed by atoms with Crippen LogP contribution >= 0.6 is 11.6 Å². The van der Waals surface area contributed by atoms with E-state index in [4.69, 9.17) is 11.6 Å². The van der Waals surface area contributed by atoms with Gasteiger partial charge in [0.1, 0.15) is 0 Å². The van der Waals surface area contributed by atoms with Gasteiger partial charge in [0.15, 0.2) is 0 Å². The quantitative estimate of drug-likeness (QED) is 0.503. The van der Waals surface area contributed by atoms with E-state index in [1.165, 1.54) is 0 Å². The highest BCUT2D eigenvalue weighted by Gasteiger charge is 1.98. The largest absolute Gasteiger partial charge is 0.0841 e. The van der Waals surface area contributed by atoms with E-state index in [0.29, 0.717) is 5.92 Å². The molecule has 0 aliphatic heterocycles. The molecule has 1 aliphatic carbocycles. The zero-order valence-corrected chi connectivity index (χ0v) is 7.02. The van der Waals surface area contributed by atoms with Gasteiger partial charge in [-0.15, -0.1) is 0 Å². The Hall–Kier alpha value is -0.490. The lowest BCUT2D eigenvalue weighted by molar-refractivity contribution is 0.942. The van der Waals surface area contributed by atoms with Gasteiger partial charge >= 0.3 is 0 Å². The predicted molar refractivity (Wildman–Crippen MR) is 46.0 cm³/mol. The normalized spacial score (nSPS) is 25.3. The molecule has 0 saturated carbocycles. The van der Waals surface area contributed by atoms with Crippen molar-refractivity contribution in [1.82, 2.24) is 0 Å². The molecule has 0 saturated heterocycles. The summed E-state index contributed by atoms with van der Waals surface area (Å²) >= 11 is 5.88. The van der Waals surface area contributed by atoms with Gasteiger partial charge in [-0.1, -0.05) is 36.8 Å². The molecule has 0 aromatic carbocycles. The lowest BCUT2D eigenvalue weighted by Gasteiger charge is -1.91. The van der Waals surface area contributed by atoms with E-state index < -0.39 is 0 Å². The number of hydrogen-bond donors (Lipinski definition) is 0. The Kier molecular flexibility index (Phi) is 2.34. The Morgan fingerprint density at radius 2 is 1.90 bits per heavy atom. The Bertz CT molecular complexity index is 187. The molecule has 0 nitrogen and oxygen atoms in total. The van der Waals surface area contributed by atoms with E-state index in [1.54, 1.807) is 0 Å². The van der Waals surface area contributed by atoms with Crippen LogP contribution in [0.25, 0.3) is 0 Å². The highest BCUT2D eigenvalue weighted by atomic mass is 35.5. The molecule has 10 heavy (non-hydrogen) atoms. The van der Waals surface area contributed by atoms with Crippen LogP contribution < -0.4 is 0 Å². The highest BCUT2D eigenvalue weighted by molar-refractivity contribution is 6.31. The molecule has 1 aliphatic rings. The summed E-state index contributed by atoms with van der Waals surface area (Å²) in [6.07, 6.45) is 8.26. The summed E-state index contributed by atoms with van der Waals surface area (Å²) in [5, 5.41) is 0.848. The number of halogens is 1. The molecule has 0 heterocycles. The average Bonchev–Trinajstić information content (AvgIpc) is 2.04. The lowest BCUT2D eigenvalue weighted by atomic mass is 10.1. The van der Waals surface area contributed by atoms with Crippen molar-refractivity contribution in [3.8, 4) is 0 Å². The third-order valence-electron chi connectivity index (χ3n) is 1.57. The van der Waals surface area contributed by atoms with Crippen LogP contribution in [0, 0.1) is 5.92 Å². The molecule has 0 N–H and O–H groups in total. The minimum atomic E-state index is 0.506. The van der Waals surface area contributed by atoms with Gasteiger partial charge in [-0.05, 0) is 24.5 Å². The van der Waals surface area contributed by atoms with E-state index in [9.17, 15) is 0 Å². The Morgan fingerprint density at radius 3 is 2.60 bits per heavy atom. The second-order valence-electron chi connectivity index (χ2n) is 2.61. The lowest BCUT2D eigenvalue weighted by Crippen LogP contribution is -1.78. The Balaban J connectivity index is 2.91. The molecule has 0 amide bonds. The monoisotopic (exact) mass is 154 g/mol. The van der Waals surface area contributed by atoms with Crippen LogP contribution in [-0.2, 0) is 0 Å². The van der Waals surface area contributed by atoms with E-state index in [1.807, 2.05) is 13.0 Å². The molecule has 0 aromatic heterocycles. The molecular weight excluding hydrogens is 144 g/mol. The minimum Gasteiger partial charge on any atom is -0.0841 e. The van der Waals surface area contributed by atoms with Gasteiger partial charge in [-0.3, -0.25) is 0 Å². The zero-order chi connectivity index (χ0) is 7.56. The molecule has 54 valence electrons. The third-order valence-corrected chi connectivity index (χ3v) is 2.00. The van der Waals surface area contributed by atoms with E-state index >= 15 is 0 Å². The van der Waals surface area contributed by atoms with Gasteiger partial charge in [0.25, 0.3) is 0 Å². The summed E-state index contributed by atoms with van der Waals surface area (Å²) in [6, 6.07) is 0. The smallest absolute Gasteiger partial charge is 0.0432 e. The van der Waals surface area contributed by atoms with Crippen molar-refractivity contribution in [2.45, 2.75) is 13.8 Å². The summed E-state index contributed by atoms with van der Waals surface area (Å²) in [6.45, 7) is 4.15. The molecular formula is C9H11Cl. The van der Waals surface area contributed by atoms with Crippen molar-refractivity contribution >= 4 is 11.6 Å². The Labute approximate surface area is 66.9 Å². The minimum absolute atomic E-state index is 0.506. The average molecular weight is 155 g/mol. The maximum absolute atomic E-state index is 5.88. The standard InChI is InChI=1S/C9H11Cl/c1-7-3-5-8(2)9(10)6-4-7/h3-7H,1-2H3/t7-/m1/s1. The summed E-state index contributed by atoms with van der Waals surface area (Å²) in [5.41, 5.74) is 1.14. The predicted octanol–water partition coefficient (Wildman–Crippen LogP) is 3.26. The second kappa shape index (κ2) is 3.07. The topological polar surface area (TPSA) is 0 Å². The zero-order valence-electron chi connectivity index (χ0n) is 6.26. The molecule has 0 radical (unpaired) electrons. The van der Waals surface area contributed by atoms with Gasteiger partial charge in [0, 0.05) is 5.03 Å². The maximum atomic E-state index is 5.88. The van der Waals surface area contributed by atoms with Crippen LogP contribution in [-0.4, -0.2) is 0 Å². The molecule has 0 unspecified atom stereocenters. The van der Waals surface area contributed by atoms with Crippen LogP contribution in [0.4, 0.5) is 0 Å². The highest BCUT2D eigenvalue weighted by Crippen LogP contribution is 2.17. The third kappa shape index (κ3) is 1.74. The summed E-state index contributed by atoms with van der Waals surface area (Å²) in [4.78, 5) is 0. The van der Waals surface area contributed by atoms with E-state index in [2.05, 4.69) is 25.2 Å². The second-order valence-corrected chi connectivity index (χ2v) is 3.02. The van der Waals surface area contributed by atoms with E-state index in [0.717, 1.165) is 10.6 Å². The SMILES string of the molecule is CC1=C(Cl)C=C[C@H](C)C=C1. The number of rotatable bonds is 0. The number of allylic oxidation sites excluding steroid dienone is 6. The van der Waals surface area contributed by atoms with Crippen LogP contribution in [0.15, 0.2) is 34.9 Å². The molecule has 0 bridgehead atoms. The van der Waals surface area contributed by atoms with Crippen LogP contribution in [0.2, 0.25) is 0 Å². The molecule has 1 atom stereocenters. The summed E-state index contributed by atoms with van der Waals surface area (Å²) < 4.78 is 0. The van der Waals surface area contributed by atoms with Crippen LogP contribution in [0.3, 0.4) is 0 Å². The first kappa shape index (κ1) is 7.62. The van der Waals surface area contributed by atoms with Gasteiger partial charge in [-0.25, -0.2) is 0 Å². The van der Waals surface area contributed by atoms with Gasteiger partial charge in [-0.2, -0.15) is 0 Å². The number of hydrogen-bond acceptors (Lipinski definition) is 0. The fraction of sp³-hybridized carbons (Fsp3) is 0.333. The molecule has 1 heteroatoms. The first-order valence-corrected chi connectivity index (χ1v) is 3.80. The van der Waals surface area contributed by atoms with Crippen LogP contribution in [0.5, 0.6) is 0 Å². The first-order valence-electron chi connectivity index (χ1n) is 3.43. The molecule has 0 spiro atoms. The fourth-order valence-electron chi connectivity index (χ4n) is 0.808. The van der Waals surface area contributed by atoms with Gasteiger partial charge < -0.3 is 0 Å². The fourth-order valence-corrected chi connectivity index (χ4v) is 0.943. The first-order chi connectivity index (χ1) is 4.70. The van der Waals surface area contributed by atoms with Crippen molar-refractivity contribution in [2.75, 3.05) is 0 Å². The van der Waals surface area contributed by atoms with Gasteiger partial charge in [0.2, 0.25) is 0 Å². The summed E-state index contributed by atoms with van der Waals surface area (Å²) in [5.74, 6) is 0.506. The van der Waals surface area contributed by atoms with Crippen LogP contribution in [0.1, 0.15) is 13.8 Å². The molecule has 0 fully saturated rings. The Morgan fingerprint density at radius 1 is 1.30 bits per heavy atom. The molecule has 1 rings (SSSR count). The van der Waals surface area contributed by atoms with Crippen molar-refractivity contribution in [3.05, 3.63) is 34.9 Å². The summed E-state index contributed by atoms with van der Waals surface area (Å²) in [7, 11) is 0. The maximum Gasteiger partial charge on any atom is 0.0432 e. The van der Waals surface area contributed by atoms with Crippen molar-refractivity contribution in [2.24, 2.45) is 5.92 Å².